The van der Waals surface area contributed by atoms with Crippen LogP contribution in [0.5, 0.6) is 11.5 Å². The van der Waals surface area contributed by atoms with Crippen molar-refractivity contribution < 1.29 is 32.5 Å². The quantitative estimate of drug-likeness (QED) is 0.0480. The molecule has 263 valence electrons. The Kier molecular flexibility index (Phi) is 21.7. The number of phosphoric acid groups is 1. The second-order valence-electron chi connectivity index (χ2n) is 12.4. The normalized spacial score (nSPS) is 12.7. The molecule has 1 amide bonds. The molecule has 0 heterocycles. The number of rotatable bonds is 29. The van der Waals surface area contributed by atoms with E-state index in [0.29, 0.717) is 19.3 Å². The molecular weight excluding hydrogens is 613 g/mol. The molecule has 1 N–H and O–H groups in total. The van der Waals surface area contributed by atoms with Gasteiger partial charge in [0, 0.05) is 6.42 Å². The molecule has 2 atom stereocenters. The predicted molar refractivity (Wildman–Crippen MR) is 188 cm³/mol. The molecule has 0 aliphatic carbocycles. The lowest BCUT2D eigenvalue weighted by molar-refractivity contribution is -0.156. The smallest absolute Gasteiger partial charge is 0.459 e. The zero-order valence-electron chi connectivity index (χ0n) is 28.9. The Balaban J connectivity index is 2.13. The van der Waals surface area contributed by atoms with Crippen LogP contribution in [0.2, 0.25) is 0 Å². The lowest BCUT2D eigenvalue weighted by atomic mass is 10.0. The second-order valence-corrected chi connectivity index (χ2v) is 13.9. The fourth-order valence-corrected chi connectivity index (χ4v) is 6.93. The highest BCUT2D eigenvalue weighted by Gasteiger charge is 2.39. The minimum Gasteiger partial charge on any atom is -0.459 e. The number of unbranched alkanes of at least 4 members (excludes halogenated alkanes) is 15. The van der Waals surface area contributed by atoms with Crippen molar-refractivity contribution in [3.8, 4) is 11.5 Å². The SMILES string of the molecule is CCCCCCCCCCCC(=O)OC(CC([NH])=O)[C@@H](CCCCCCCCCC)OP(=O)(Oc1ccccc1)Oc1ccccc1. The number of ether oxygens (including phenoxy) is 1. The molecule has 0 aliphatic rings. The molecule has 0 bridgehead atoms. The Labute approximate surface area is 284 Å². The van der Waals surface area contributed by atoms with Crippen molar-refractivity contribution in [1.29, 1.82) is 0 Å². The molecule has 0 spiro atoms. The van der Waals surface area contributed by atoms with E-state index in [9.17, 15) is 14.2 Å². The Bertz CT molecular complexity index is 1090. The van der Waals surface area contributed by atoms with Crippen LogP contribution in [0.25, 0.3) is 0 Å². The number of carbonyl (C=O) groups excluding carboxylic acids is 2. The summed E-state index contributed by atoms with van der Waals surface area (Å²) in [5.74, 6) is -0.772. The van der Waals surface area contributed by atoms with Gasteiger partial charge in [0.05, 0.1) is 6.42 Å². The number of carbonyl (C=O) groups is 2. The highest BCUT2D eigenvalue weighted by molar-refractivity contribution is 7.49. The molecule has 2 aromatic carbocycles. The molecule has 8 nitrogen and oxygen atoms in total. The summed E-state index contributed by atoms with van der Waals surface area (Å²) in [5, 5.41) is 0. The van der Waals surface area contributed by atoms with Gasteiger partial charge in [0.25, 0.3) is 0 Å². The monoisotopic (exact) mass is 672 g/mol. The topological polar surface area (TPSA) is 112 Å². The van der Waals surface area contributed by atoms with Crippen LogP contribution in [0.15, 0.2) is 60.7 Å². The molecular formula is C38H59NO7P. The van der Waals surface area contributed by atoms with Crippen molar-refractivity contribution in [3.05, 3.63) is 60.7 Å². The Hall–Kier alpha value is -2.83. The molecule has 2 rings (SSSR count). The van der Waals surface area contributed by atoms with Gasteiger partial charge in [-0.3, -0.25) is 19.8 Å². The summed E-state index contributed by atoms with van der Waals surface area (Å²) in [4.78, 5) is 25.1. The molecule has 0 saturated carbocycles. The summed E-state index contributed by atoms with van der Waals surface area (Å²) in [7, 11) is -4.34. The van der Waals surface area contributed by atoms with Crippen LogP contribution in [0.4, 0.5) is 0 Å². The number of amides is 1. The number of hydrogen-bond donors (Lipinski definition) is 0. The molecule has 47 heavy (non-hydrogen) atoms. The molecule has 1 radical (unpaired) electrons. The van der Waals surface area contributed by atoms with Crippen molar-refractivity contribution in [2.45, 2.75) is 154 Å². The van der Waals surface area contributed by atoms with Gasteiger partial charge in [-0.05, 0) is 37.1 Å². The standard InChI is InChI=1S/C38H59NO7P/c1-3-5-7-9-11-13-15-17-25-31-38(41)43-36(32-37(39)40)35(30-24-16-14-12-10-8-6-4-2)46-47(42,44-33-26-20-18-21-27-33)45-34-28-22-19-23-29-34/h18-23,26-29,35-36,39H,3-17,24-25,30-32H2,1-2H3/t35-,36?/m1/s1. The Morgan fingerprint density at radius 1 is 0.617 bits per heavy atom. The first-order chi connectivity index (χ1) is 22.8. The molecule has 9 heteroatoms. The van der Waals surface area contributed by atoms with E-state index >= 15 is 0 Å². The van der Waals surface area contributed by atoms with Crippen molar-refractivity contribution in [2.24, 2.45) is 0 Å². The van der Waals surface area contributed by atoms with Crippen LogP contribution in [0, 0.1) is 0 Å². The minimum absolute atomic E-state index is 0.210. The predicted octanol–water partition coefficient (Wildman–Crippen LogP) is 11.2. The van der Waals surface area contributed by atoms with E-state index in [1.165, 1.54) is 57.8 Å². The molecule has 0 fully saturated rings. The fourth-order valence-electron chi connectivity index (χ4n) is 5.47. The second kappa shape index (κ2) is 25.2. The van der Waals surface area contributed by atoms with Gasteiger partial charge in [0.1, 0.15) is 23.7 Å². The molecule has 0 aromatic heterocycles. The zero-order valence-corrected chi connectivity index (χ0v) is 29.8. The first-order valence-corrected chi connectivity index (χ1v) is 19.5. The third kappa shape index (κ3) is 19.6. The summed E-state index contributed by atoms with van der Waals surface area (Å²) in [6.45, 7) is 4.41. The number of hydrogen-bond acceptors (Lipinski definition) is 7. The van der Waals surface area contributed by atoms with E-state index in [4.69, 9.17) is 24.0 Å². The average Bonchev–Trinajstić information content (AvgIpc) is 3.05. The molecule has 0 saturated heterocycles. The highest BCUT2D eigenvalue weighted by atomic mass is 31.2. The van der Waals surface area contributed by atoms with Gasteiger partial charge < -0.3 is 13.8 Å². The first-order valence-electron chi connectivity index (χ1n) is 18.1. The average molecular weight is 673 g/mol. The van der Waals surface area contributed by atoms with E-state index in [1.54, 1.807) is 48.5 Å². The van der Waals surface area contributed by atoms with E-state index in [-0.39, 0.29) is 24.3 Å². The van der Waals surface area contributed by atoms with Crippen molar-refractivity contribution >= 4 is 19.7 Å². The van der Waals surface area contributed by atoms with Crippen molar-refractivity contribution in [3.63, 3.8) is 0 Å². The summed E-state index contributed by atoms with van der Waals surface area (Å²) < 4.78 is 38.0. The maximum absolute atomic E-state index is 14.3. The van der Waals surface area contributed by atoms with Crippen LogP contribution in [-0.4, -0.2) is 24.1 Å². The van der Waals surface area contributed by atoms with Crippen molar-refractivity contribution in [2.75, 3.05) is 0 Å². The maximum atomic E-state index is 14.3. The summed E-state index contributed by atoms with van der Waals surface area (Å²) in [6, 6.07) is 17.2. The largest absolute Gasteiger partial charge is 0.587 e. The van der Waals surface area contributed by atoms with E-state index in [2.05, 4.69) is 13.8 Å². The van der Waals surface area contributed by atoms with E-state index in [1.807, 2.05) is 12.1 Å². The molecule has 1 unspecified atom stereocenters. The summed E-state index contributed by atoms with van der Waals surface area (Å²) >= 11 is 0. The number of para-hydroxylation sites is 2. The van der Waals surface area contributed by atoms with Crippen LogP contribution in [-0.2, 0) is 23.4 Å². The number of nitrogens with one attached hydrogen (secondary N) is 1. The van der Waals surface area contributed by atoms with Crippen LogP contribution in [0.1, 0.15) is 142 Å². The third-order valence-electron chi connectivity index (χ3n) is 8.10. The van der Waals surface area contributed by atoms with Gasteiger partial charge in [-0.15, -0.1) is 0 Å². The summed E-state index contributed by atoms with van der Waals surface area (Å²) in [6.07, 6.45) is 16.8. The number of benzene rings is 2. The zero-order chi connectivity index (χ0) is 34.0. The van der Waals surface area contributed by atoms with Gasteiger partial charge in [-0.1, -0.05) is 153 Å². The van der Waals surface area contributed by atoms with Crippen LogP contribution in [0.3, 0.4) is 0 Å². The number of esters is 1. The first kappa shape index (κ1) is 40.3. The van der Waals surface area contributed by atoms with Gasteiger partial charge in [0.15, 0.2) is 0 Å². The lowest BCUT2D eigenvalue weighted by Gasteiger charge is -2.29. The van der Waals surface area contributed by atoms with Gasteiger partial charge in [-0.2, -0.15) is 0 Å². The van der Waals surface area contributed by atoms with Gasteiger partial charge in [-0.25, -0.2) is 4.57 Å². The van der Waals surface area contributed by atoms with Crippen LogP contribution < -0.4 is 14.8 Å². The van der Waals surface area contributed by atoms with E-state index < -0.39 is 31.9 Å². The minimum atomic E-state index is -4.34. The highest BCUT2D eigenvalue weighted by Crippen LogP contribution is 2.51. The fraction of sp³-hybridized carbons (Fsp3) is 0.632. The third-order valence-corrected chi connectivity index (χ3v) is 9.49. The van der Waals surface area contributed by atoms with Gasteiger partial charge >= 0.3 is 13.8 Å². The number of phosphoric ester groups is 1. The van der Waals surface area contributed by atoms with Crippen molar-refractivity contribution in [1.82, 2.24) is 5.73 Å². The van der Waals surface area contributed by atoms with E-state index in [0.717, 1.165) is 38.5 Å². The Morgan fingerprint density at radius 2 is 1.04 bits per heavy atom. The molecule has 2 aromatic rings. The Morgan fingerprint density at radius 3 is 1.49 bits per heavy atom. The summed E-state index contributed by atoms with van der Waals surface area (Å²) in [5.41, 5.74) is 7.72. The lowest BCUT2D eigenvalue weighted by Crippen LogP contribution is -2.36. The molecule has 0 aliphatic heterocycles. The van der Waals surface area contributed by atoms with Gasteiger partial charge in [0.2, 0.25) is 5.91 Å². The van der Waals surface area contributed by atoms with Crippen LogP contribution >= 0.6 is 7.82 Å². The maximum Gasteiger partial charge on any atom is 0.587 e.